The summed E-state index contributed by atoms with van der Waals surface area (Å²) in [5.41, 5.74) is 3.95. The van der Waals surface area contributed by atoms with Crippen LogP contribution in [0.2, 0.25) is 0 Å². The highest BCUT2D eigenvalue weighted by atomic mass is 35.5. The zero-order valence-electron chi connectivity index (χ0n) is 10.8. The highest BCUT2D eigenvalue weighted by molar-refractivity contribution is 7.86. The van der Waals surface area contributed by atoms with E-state index in [0.717, 1.165) is 27.3 Å². The number of halogens is 1. The molecule has 0 amide bonds. The summed E-state index contributed by atoms with van der Waals surface area (Å²) in [7, 11) is 0.623. The van der Waals surface area contributed by atoms with Gasteiger partial charge >= 0.3 is 0 Å². The number of aryl methyl sites for hydroxylation is 1. The summed E-state index contributed by atoms with van der Waals surface area (Å²) in [5, 5.41) is -0.263. The van der Waals surface area contributed by atoms with Crippen LogP contribution in [0.5, 0.6) is 0 Å². The number of para-hydroxylation sites is 1. The Kier molecular flexibility index (Phi) is 3.11. The molecule has 0 radical (unpaired) electrons. The molecule has 0 fully saturated rings. The Balaban J connectivity index is 2.30. The Morgan fingerprint density at radius 2 is 1.89 bits per heavy atom. The first-order valence-corrected chi connectivity index (χ1v) is 7.63. The Hall–Kier alpha value is -1.32. The zero-order chi connectivity index (χ0) is 13.6. The van der Waals surface area contributed by atoms with Gasteiger partial charge < -0.3 is 0 Å². The van der Waals surface area contributed by atoms with Crippen LogP contribution >= 0.6 is 11.6 Å². The van der Waals surface area contributed by atoms with Crippen molar-refractivity contribution in [3.05, 3.63) is 59.2 Å². The molecule has 0 bridgehead atoms. The second-order valence-electron chi connectivity index (χ2n) is 4.71. The lowest BCUT2D eigenvalue weighted by Gasteiger charge is -2.18. The van der Waals surface area contributed by atoms with E-state index >= 15 is 0 Å². The van der Waals surface area contributed by atoms with Gasteiger partial charge in [0.15, 0.2) is 11.0 Å². The second kappa shape index (κ2) is 4.66. The fourth-order valence-corrected chi connectivity index (χ4v) is 4.15. The molecule has 3 rings (SSSR count). The summed E-state index contributed by atoms with van der Waals surface area (Å²) < 4.78 is 14.5. The van der Waals surface area contributed by atoms with Gasteiger partial charge in [-0.05, 0) is 35.7 Å². The molecule has 1 heterocycles. The number of benzene rings is 2. The monoisotopic (exact) mass is 291 g/mol. The standard InChI is InChI=1S/C15H14ClNOS/c1-10-7-8-12-14(9-10)19(18)17(2)13-6-4-3-5-11(13)15(12)16/h3-9,15H,1-2H3. The van der Waals surface area contributed by atoms with Crippen LogP contribution in [0.25, 0.3) is 0 Å². The van der Waals surface area contributed by atoms with Crippen LogP contribution in [0.1, 0.15) is 22.1 Å². The average molecular weight is 292 g/mol. The highest BCUT2D eigenvalue weighted by Crippen LogP contribution is 2.41. The van der Waals surface area contributed by atoms with Gasteiger partial charge in [0.2, 0.25) is 0 Å². The Labute approximate surface area is 120 Å². The molecular formula is C15H14ClNOS. The van der Waals surface area contributed by atoms with Crippen LogP contribution in [0, 0.1) is 6.92 Å². The lowest BCUT2D eigenvalue weighted by molar-refractivity contribution is 0.681. The van der Waals surface area contributed by atoms with Crippen molar-refractivity contribution < 1.29 is 4.21 Å². The normalized spacial score (nSPS) is 21.5. The first-order chi connectivity index (χ1) is 9.09. The van der Waals surface area contributed by atoms with Gasteiger partial charge in [0.25, 0.3) is 0 Å². The van der Waals surface area contributed by atoms with E-state index < -0.39 is 11.0 Å². The SMILES string of the molecule is Cc1ccc2c(c1)S(=O)N(C)c1ccccc1C2Cl. The van der Waals surface area contributed by atoms with Gasteiger partial charge in [-0.25, -0.2) is 4.21 Å². The van der Waals surface area contributed by atoms with Gasteiger partial charge in [-0.15, -0.1) is 11.6 Å². The van der Waals surface area contributed by atoms with Crippen LogP contribution in [-0.2, 0) is 11.0 Å². The van der Waals surface area contributed by atoms with Gasteiger partial charge in [-0.1, -0.05) is 30.3 Å². The van der Waals surface area contributed by atoms with Crippen LogP contribution in [-0.4, -0.2) is 11.3 Å². The van der Waals surface area contributed by atoms with Crippen LogP contribution in [0.4, 0.5) is 5.69 Å². The van der Waals surface area contributed by atoms with E-state index in [1.807, 2.05) is 56.4 Å². The molecule has 0 aliphatic carbocycles. The van der Waals surface area contributed by atoms with Crippen molar-refractivity contribution in [2.45, 2.75) is 17.2 Å². The Morgan fingerprint density at radius 1 is 1.16 bits per heavy atom. The van der Waals surface area contributed by atoms with Gasteiger partial charge in [0.1, 0.15) is 0 Å². The minimum Gasteiger partial charge on any atom is -0.290 e. The average Bonchev–Trinajstić information content (AvgIpc) is 2.51. The molecule has 19 heavy (non-hydrogen) atoms. The minimum atomic E-state index is -1.22. The number of hydrogen-bond donors (Lipinski definition) is 0. The number of rotatable bonds is 0. The molecule has 2 aromatic rings. The quantitative estimate of drug-likeness (QED) is 0.676. The van der Waals surface area contributed by atoms with Crippen molar-refractivity contribution in [2.75, 3.05) is 11.4 Å². The molecule has 1 aliphatic heterocycles. The van der Waals surface area contributed by atoms with Crippen LogP contribution in [0.3, 0.4) is 0 Å². The van der Waals surface area contributed by atoms with E-state index in [2.05, 4.69) is 0 Å². The van der Waals surface area contributed by atoms with E-state index in [0.29, 0.717) is 0 Å². The molecule has 2 unspecified atom stereocenters. The molecule has 0 N–H and O–H groups in total. The van der Waals surface area contributed by atoms with Crippen molar-refractivity contribution in [2.24, 2.45) is 0 Å². The number of fused-ring (bicyclic) bond motifs is 2. The van der Waals surface area contributed by atoms with Gasteiger partial charge in [0, 0.05) is 7.05 Å². The van der Waals surface area contributed by atoms with E-state index in [9.17, 15) is 4.21 Å². The maximum atomic E-state index is 12.7. The van der Waals surface area contributed by atoms with Crippen LogP contribution < -0.4 is 4.31 Å². The third-order valence-electron chi connectivity index (χ3n) is 3.43. The first-order valence-electron chi connectivity index (χ1n) is 6.09. The molecule has 1 aliphatic rings. The smallest absolute Gasteiger partial charge is 0.153 e. The van der Waals surface area contributed by atoms with Gasteiger partial charge in [-0.2, -0.15) is 0 Å². The van der Waals surface area contributed by atoms with Crippen molar-refractivity contribution >= 4 is 28.3 Å². The summed E-state index contributed by atoms with van der Waals surface area (Å²) in [6.07, 6.45) is 0. The predicted octanol–water partition coefficient (Wildman–Crippen LogP) is 3.80. The van der Waals surface area contributed by atoms with E-state index in [-0.39, 0.29) is 5.38 Å². The third kappa shape index (κ3) is 1.97. The van der Waals surface area contributed by atoms with Crippen molar-refractivity contribution in [1.29, 1.82) is 0 Å². The molecule has 2 aromatic carbocycles. The maximum absolute atomic E-state index is 12.7. The molecule has 2 nitrogen and oxygen atoms in total. The molecule has 0 saturated heterocycles. The van der Waals surface area contributed by atoms with Crippen molar-refractivity contribution in [3.63, 3.8) is 0 Å². The Bertz CT molecular complexity index is 671. The predicted molar refractivity (Wildman–Crippen MR) is 80.1 cm³/mol. The minimum absolute atomic E-state index is 0.263. The zero-order valence-corrected chi connectivity index (χ0v) is 12.3. The summed E-state index contributed by atoms with van der Waals surface area (Å²) in [4.78, 5) is 0.804. The van der Waals surface area contributed by atoms with Crippen LogP contribution in [0.15, 0.2) is 47.4 Å². The highest BCUT2D eigenvalue weighted by Gasteiger charge is 2.28. The van der Waals surface area contributed by atoms with E-state index in [1.54, 1.807) is 4.31 Å². The van der Waals surface area contributed by atoms with Gasteiger partial charge in [-0.3, -0.25) is 4.31 Å². The molecule has 0 aromatic heterocycles. The van der Waals surface area contributed by atoms with E-state index in [1.165, 1.54) is 0 Å². The molecule has 0 spiro atoms. The van der Waals surface area contributed by atoms with E-state index in [4.69, 9.17) is 11.6 Å². The summed E-state index contributed by atoms with van der Waals surface area (Å²) in [6.45, 7) is 2.00. The third-order valence-corrected chi connectivity index (χ3v) is 5.32. The number of alkyl halides is 1. The van der Waals surface area contributed by atoms with Crippen molar-refractivity contribution in [3.8, 4) is 0 Å². The number of hydrogen-bond acceptors (Lipinski definition) is 1. The molecule has 98 valence electrons. The second-order valence-corrected chi connectivity index (χ2v) is 6.63. The van der Waals surface area contributed by atoms with Crippen molar-refractivity contribution in [1.82, 2.24) is 0 Å². The number of anilines is 1. The summed E-state index contributed by atoms with van der Waals surface area (Å²) in [5.74, 6) is 0. The fourth-order valence-electron chi connectivity index (χ4n) is 2.40. The molecule has 0 saturated carbocycles. The fraction of sp³-hybridized carbons (Fsp3) is 0.200. The summed E-state index contributed by atoms with van der Waals surface area (Å²) in [6, 6.07) is 13.8. The molecule has 4 heteroatoms. The Morgan fingerprint density at radius 3 is 2.68 bits per heavy atom. The summed E-state index contributed by atoms with van der Waals surface area (Å²) >= 11 is 6.60. The largest absolute Gasteiger partial charge is 0.290 e. The lowest BCUT2D eigenvalue weighted by atomic mass is 10.0. The van der Waals surface area contributed by atoms with Gasteiger partial charge in [0.05, 0.1) is 16.0 Å². The maximum Gasteiger partial charge on any atom is 0.153 e. The molecule has 2 atom stereocenters. The first kappa shape index (κ1) is 12.7. The lowest BCUT2D eigenvalue weighted by Crippen LogP contribution is -2.20. The number of nitrogens with zero attached hydrogens (tertiary/aromatic N) is 1. The molecular weight excluding hydrogens is 278 g/mol. The topological polar surface area (TPSA) is 20.3 Å².